The summed E-state index contributed by atoms with van der Waals surface area (Å²) in [5.41, 5.74) is 1.56. The molecule has 0 aliphatic heterocycles. The van der Waals surface area contributed by atoms with Crippen LogP contribution in [0.2, 0.25) is 5.02 Å². The first-order valence-electron chi connectivity index (χ1n) is 6.28. The fourth-order valence-electron chi connectivity index (χ4n) is 2.28. The van der Waals surface area contributed by atoms with Crippen molar-refractivity contribution >= 4 is 34.2 Å². The van der Waals surface area contributed by atoms with Gasteiger partial charge in [-0.15, -0.1) is 11.6 Å². The van der Waals surface area contributed by atoms with E-state index in [1.54, 1.807) is 10.6 Å². The van der Waals surface area contributed by atoms with Gasteiger partial charge in [0.2, 0.25) is 0 Å². The first-order valence-corrected chi connectivity index (χ1v) is 7.19. The van der Waals surface area contributed by atoms with E-state index in [2.05, 4.69) is 4.98 Å². The zero-order valence-corrected chi connectivity index (χ0v) is 12.3. The van der Waals surface area contributed by atoms with Gasteiger partial charge in [-0.1, -0.05) is 11.6 Å². The van der Waals surface area contributed by atoms with Gasteiger partial charge >= 0.3 is 0 Å². The lowest BCUT2D eigenvalue weighted by atomic mass is 10.2. The van der Waals surface area contributed by atoms with E-state index in [0.29, 0.717) is 39.9 Å². The van der Waals surface area contributed by atoms with E-state index in [1.807, 2.05) is 0 Å². The van der Waals surface area contributed by atoms with Crippen molar-refractivity contribution in [2.24, 2.45) is 0 Å². The van der Waals surface area contributed by atoms with Crippen molar-refractivity contribution in [3.8, 4) is 5.69 Å². The Kier molecular flexibility index (Phi) is 3.83. The summed E-state index contributed by atoms with van der Waals surface area (Å²) in [7, 11) is 0. The third-order valence-electron chi connectivity index (χ3n) is 3.15. The highest BCUT2D eigenvalue weighted by Crippen LogP contribution is 2.28. The van der Waals surface area contributed by atoms with Crippen LogP contribution in [0, 0.1) is 11.6 Å². The van der Waals surface area contributed by atoms with Gasteiger partial charge in [0.15, 0.2) is 0 Å². The fraction of sp³-hybridized carbons (Fsp3) is 0.133. The van der Waals surface area contributed by atoms with Crippen LogP contribution in [0.1, 0.15) is 5.82 Å². The Balaban J connectivity index is 2.35. The number of nitrogens with zero attached hydrogens (tertiary/aromatic N) is 2. The lowest BCUT2D eigenvalue weighted by Gasteiger charge is -2.10. The smallest absolute Gasteiger partial charge is 0.125 e. The molecule has 0 atom stereocenters. The van der Waals surface area contributed by atoms with Gasteiger partial charge in [0.25, 0.3) is 0 Å². The maximum absolute atomic E-state index is 13.5. The summed E-state index contributed by atoms with van der Waals surface area (Å²) in [6.45, 7) is 0. The van der Waals surface area contributed by atoms with E-state index in [-0.39, 0.29) is 0 Å². The van der Waals surface area contributed by atoms with E-state index < -0.39 is 11.6 Å². The molecule has 1 aromatic heterocycles. The highest BCUT2D eigenvalue weighted by Gasteiger charge is 2.15. The Morgan fingerprint density at radius 1 is 1.05 bits per heavy atom. The van der Waals surface area contributed by atoms with Crippen molar-refractivity contribution in [1.29, 1.82) is 0 Å². The summed E-state index contributed by atoms with van der Waals surface area (Å²) in [5.74, 6) is 0.134. The summed E-state index contributed by atoms with van der Waals surface area (Å²) < 4.78 is 28.7. The van der Waals surface area contributed by atoms with E-state index in [4.69, 9.17) is 23.2 Å². The van der Waals surface area contributed by atoms with E-state index in [9.17, 15) is 8.78 Å². The molecule has 0 unspecified atom stereocenters. The molecule has 0 saturated heterocycles. The van der Waals surface area contributed by atoms with Crippen LogP contribution < -0.4 is 0 Å². The second-order valence-electron chi connectivity index (χ2n) is 4.53. The number of imidazole rings is 1. The molecular weight excluding hydrogens is 317 g/mol. The zero-order valence-electron chi connectivity index (χ0n) is 10.8. The second-order valence-corrected chi connectivity index (χ2v) is 5.32. The Hall–Kier alpha value is -1.65. The maximum atomic E-state index is 13.5. The van der Waals surface area contributed by atoms with Crippen LogP contribution in [0.3, 0.4) is 0 Å². The van der Waals surface area contributed by atoms with Crippen molar-refractivity contribution in [1.82, 2.24) is 9.55 Å². The molecule has 0 spiro atoms. The van der Waals surface area contributed by atoms with Crippen molar-refractivity contribution in [3.63, 3.8) is 0 Å². The third kappa shape index (κ3) is 2.61. The Bertz CT molecular complexity index is 815. The van der Waals surface area contributed by atoms with Gasteiger partial charge in [0.05, 0.1) is 21.7 Å². The van der Waals surface area contributed by atoms with Crippen LogP contribution in [0.25, 0.3) is 16.7 Å². The molecule has 0 bridgehead atoms. The van der Waals surface area contributed by atoms with Crippen LogP contribution in [-0.4, -0.2) is 15.4 Å². The summed E-state index contributed by atoms with van der Waals surface area (Å²) in [6.07, 6.45) is 0.463. The molecule has 3 rings (SSSR count). The second kappa shape index (κ2) is 5.62. The first kappa shape index (κ1) is 14.3. The number of rotatable bonds is 3. The predicted octanol–water partition coefficient (Wildman–Crippen LogP) is 4.74. The molecule has 2 aromatic carbocycles. The number of alkyl halides is 1. The quantitative estimate of drug-likeness (QED) is 0.636. The van der Waals surface area contributed by atoms with Crippen LogP contribution >= 0.6 is 23.2 Å². The molecule has 3 aromatic rings. The number of fused-ring (bicyclic) bond motifs is 1. The number of benzene rings is 2. The number of halogens is 4. The summed E-state index contributed by atoms with van der Waals surface area (Å²) >= 11 is 11.9. The Morgan fingerprint density at radius 3 is 2.52 bits per heavy atom. The van der Waals surface area contributed by atoms with Crippen LogP contribution in [-0.2, 0) is 6.42 Å². The molecule has 0 saturated carbocycles. The zero-order chi connectivity index (χ0) is 15.0. The monoisotopic (exact) mass is 326 g/mol. The summed E-state index contributed by atoms with van der Waals surface area (Å²) in [5, 5.41) is 0.357. The molecule has 0 radical (unpaired) electrons. The standard InChI is InChI=1S/C15H10Cl2F2N2/c16-6-5-15-20-12-4-2-10(19)8-14(12)21(15)13-7-9(18)1-3-11(13)17/h1-4,7-8H,5-6H2. The molecule has 6 heteroatoms. The lowest BCUT2D eigenvalue weighted by Crippen LogP contribution is -2.03. The minimum atomic E-state index is -0.426. The minimum absolute atomic E-state index is 0.346. The van der Waals surface area contributed by atoms with Gasteiger partial charge in [-0.3, -0.25) is 4.57 Å². The fourth-order valence-corrected chi connectivity index (χ4v) is 2.65. The van der Waals surface area contributed by atoms with Crippen LogP contribution in [0.4, 0.5) is 8.78 Å². The molecule has 0 aliphatic carbocycles. The highest BCUT2D eigenvalue weighted by atomic mass is 35.5. The lowest BCUT2D eigenvalue weighted by molar-refractivity contribution is 0.626. The van der Waals surface area contributed by atoms with E-state index in [0.717, 1.165) is 0 Å². The number of aryl methyl sites for hydroxylation is 1. The predicted molar refractivity (Wildman–Crippen MR) is 80.4 cm³/mol. The minimum Gasteiger partial charge on any atom is -0.295 e. The van der Waals surface area contributed by atoms with E-state index in [1.165, 1.54) is 30.3 Å². The largest absolute Gasteiger partial charge is 0.295 e. The van der Waals surface area contributed by atoms with Crippen molar-refractivity contribution in [2.45, 2.75) is 6.42 Å². The van der Waals surface area contributed by atoms with E-state index >= 15 is 0 Å². The van der Waals surface area contributed by atoms with Gasteiger partial charge in [0, 0.05) is 18.4 Å². The van der Waals surface area contributed by atoms with Crippen molar-refractivity contribution in [3.05, 3.63) is 58.9 Å². The molecule has 21 heavy (non-hydrogen) atoms. The summed E-state index contributed by atoms with van der Waals surface area (Å²) in [4.78, 5) is 4.42. The van der Waals surface area contributed by atoms with Gasteiger partial charge in [-0.25, -0.2) is 13.8 Å². The van der Waals surface area contributed by atoms with Crippen LogP contribution in [0.15, 0.2) is 36.4 Å². The normalized spacial score (nSPS) is 11.2. The third-order valence-corrected chi connectivity index (χ3v) is 3.66. The number of hydrogen-bond donors (Lipinski definition) is 0. The molecule has 108 valence electrons. The maximum Gasteiger partial charge on any atom is 0.125 e. The molecule has 0 amide bonds. The Morgan fingerprint density at radius 2 is 1.76 bits per heavy atom. The molecule has 0 fully saturated rings. The average Bonchev–Trinajstić information content (AvgIpc) is 2.79. The first-order chi connectivity index (χ1) is 10.1. The topological polar surface area (TPSA) is 17.8 Å². The van der Waals surface area contributed by atoms with Gasteiger partial charge < -0.3 is 0 Å². The number of hydrogen-bond acceptors (Lipinski definition) is 1. The summed E-state index contributed by atoms with van der Waals surface area (Å²) in [6, 6.07) is 8.28. The van der Waals surface area contributed by atoms with Crippen molar-refractivity contribution < 1.29 is 8.78 Å². The molecule has 0 aliphatic rings. The number of aromatic nitrogens is 2. The molecule has 1 heterocycles. The van der Waals surface area contributed by atoms with Gasteiger partial charge in [-0.2, -0.15) is 0 Å². The highest BCUT2D eigenvalue weighted by molar-refractivity contribution is 6.32. The van der Waals surface area contributed by atoms with Gasteiger partial charge in [0.1, 0.15) is 17.5 Å². The van der Waals surface area contributed by atoms with Gasteiger partial charge in [-0.05, 0) is 30.3 Å². The Labute approximate surface area is 129 Å². The molecule has 0 N–H and O–H groups in total. The molecule has 2 nitrogen and oxygen atoms in total. The molecular formula is C15H10Cl2F2N2. The average molecular weight is 327 g/mol. The van der Waals surface area contributed by atoms with Crippen LogP contribution in [0.5, 0.6) is 0 Å². The van der Waals surface area contributed by atoms with Crippen molar-refractivity contribution in [2.75, 3.05) is 5.88 Å². The SMILES string of the molecule is Fc1ccc(Cl)c(-n2c(CCCl)nc3ccc(F)cc32)c1.